The first-order valence-electron chi connectivity index (χ1n) is 14.0. The Bertz CT molecular complexity index is 1240. The van der Waals surface area contributed by atoms with Gasteiger partial charge in [0.15, 0.2) is 0 Å². The predicted octanol–water partition coefficient (Wildman–Crippen LogP) is 4.27. The topological polar surface area (TPSA) is 105 Å². The van der Waals surface area contributed by atoms with Gasteiger partial charge in [0.05, 0.1) is 0 Å². The van der Waals surface area contributed by atoms with Gasteiger partial charge in [-0.2, -0.15) is 0 Å². The summed E-state index contributed by atoms with van der Waals surface area (Å²) < 4.78 is 16.0. The molecule has 2 aromatic rings. The van der Waals surface area contributed by atoms with Crippen molar-refractivity contribution in [3.05, 3.63) is 46.5 Å². The molecule has 2 N–H and O–H groups in total. The molecule has 1 saturated carbocycles. The predicted molar refractivity (Wildman–Crippen MR) is 154 cm³/mol. The van der Waals surface area contributed by atoms with Crippen molar-refractivity contribution in [3.63, 3.8) is 0 Å². The molecule has 2 unspecified atom stereocenters. The van der Waals surface area contributed by atoms with Crippen LogP contribution in [0.5, 0.6) is 23.0 Å². The summed E-state index contributed by atoms with van der Waals surface area (Å²) in [5, 5.41) is 31.3. The molecule has 0 radical (unpaired) electrons. The third-order valence-corrected chi connectivity index (χ3v) is 9.15. The van der Waals surface area contributed by atoms with E-state index in [1.807, 2.05) is 24.3 Å². The molecule has 1 heterocycles. The number of phenolic OH excluding ortho intramolecular Hbond substituents is 2. The van der Waals surface area contributed by atoms with E-state index in [9.17, 15) is 10.2 Å². The second-order valence-corrected chi connectivity index (χ2v) is 14.3. The molecule has 2 atom stereocenters. The number of fused-ring (bicyclic) bond motifs is 1. The molecule has 2 aromatic carbocycles. The van der Waals surface area contributed by atoms with E-state index in [1.54, 1.807) is 14.2 Å². The Labute approximate surface area is 251 Å². The first kappa shape index (κ1) is 32.5. The van der Waals surface area contributed by atoms with Gasteiger partial charge in [0.25, 0.3) is 0 Å². The second-order valence-electron chi connectivity index (χ2n) is 12.7. The van der Waals surface area contributed by atoms with E-state index >= 15 is 0 Å². The summed E-state index contributed by atoms with van der Waals surface area (Å²) in [5.74, 6) is 1.05. The van der Waals surface area contributed by atoms with E-state index in [4.69, 9.17) is 19.4 Å². The van der Waals surface area contributed by atoms with Gasteiger partial charge in [-0.25, -0.2) is 0 Å². The van der Waals surface area contributed by atoms with Crippen LogP contribution in [-0.2, 0) is 31.3 Å². The van der Waals surface area contributed by atoms with Crippen LogP contribution < -0.4 is 14.6 Å². The van der Waals surface area contributed by atoms with Crippen LogP contribution in [0.1, 0.15) is 96.4 Å². The van der Waals surface area contributed by atoms with E-state index < -0.39 is 5.97 Å². The number of hydrogen-bond acceptors (Lipinski definition) is 6. The van der Waals surface area contributed by atoms with Crippen molar-refractivity contribution in [1.82, 2.24) is 0 Å². The number of benzene rings is 2. The Kier molecular flexibility index (Phi) is 10.2. The molecule has 0 amide bonds. The molecule has 41 heavy (non-hydrogen) atoms. The van der Waals surface area contributed by atoms with Gasteiger partial charge in [0, 0.05) is 5.97 Å². The number of carbonyl (C=O) groups is 1. The fourth-order valence-corrected chi connectivity index (χ4v) is 7.25. The van der Waals surface area contributed by atoms with Crippen molar-refractivity contribution < 1.29 is 52.4 Å². The van der Waals surface area contributed by atoms with Gasteiger partial charge in [0.2, 0.25) is 0 Å². The van der Waals surface area contributed by atoms with E-state index in [2.05, 4.69) is 61.1 Å². The molecule has 0 aromatic heterocycles. The number of hydrogen-bond donors (Lipinski definition) is 2. The van der Waals surface area contributed by atoms with Crippen molar-refractivity contribution >= 4 is 18.4 Å². The van der Waals surface area contributed by atoms with Crippen LogP contribution in [-0.4, -0.2) is 62.0 Å². The third kappa shape index (κ3) is 7.84. The zero-order chi connectivity index (χ0) is 30.7. The molecule has 1 aliphatic carbocycles. The second kappa shape index (κ2) is 12.9. The van der Waals surface area contributed by atoms with E-state index in [-0.39, 0.29) is 26.5 Å². The third-order valence-electron chi connectivity index (χ3n) is 7.38. The Hall–Kier alpha value is -3.02. The van der Waals surface area contributed by atoms with Crippen LogP contribution in [0.4, 0.5) is 0 Å². The first-order valence-corrected chi connectivity index (χ1v) is 15.2. The molecule has 1 saturated heterocycles. The zero-order valence-corrected chi connectivity index (χ0v) is 27.1. The number of phenols is 2. The number of rotatable bonds is 4. The molecule has 4 rings (SSSR count). The number of carboxylic acids is 1. The molecular weight excluding hydrogens is 560 g/mol. The Morgan fingerprint density at radius 1 is 0.829 bits per heavy atom. The summed E-state index contributed by atoms with van der Waals surface area (Å²) in [6.45, 7) is 13.6. The maximum atomic E-state index is 11.2. The fourth-order valence-electron chi connectivity index (χ4n) is 5.26. The van der Waals surface area contributed by atoms with Crippen molar-refractivity contribution in [2.24, 2.45) is 0 Å². The standard InChI is InChI=1S/C30H42N2O4.C2H4O2.Cr/c1-29(2,3)23-15-21(35-7)13-19(27(23)33)17-31-25-11-9-10-12-26(25)32-18-20-14-22(36-8)16-24(28(20)34)30(4,5)6;1-2(3)4;/h13-18,25-26,33-34H,9-12H2,1-8H3;1H3,(H,3,4);/q;;+2/p-1. The number of ether oxygens (including phenoxy) is 2. The number of aliphatic carboxylic acids is 1. The monoisotopic (exact) mass is 605 g/mol. The van der Waals surface area contributed by atoms with Gasteiger partial charge in [0.1, 0.15) is 0 Å². The molecule has 9 heteroatoms. The Morgan fingerprint density at radius 3 is 1.46 bits per heavy atom. The molecule has 2 fully saturated rings. The quantitative estimate of drug-likeness (QED) is 0.540. The van der Waals surface area contributed by atoms with Crippen LogP contribution in [0.15, 0.2) is 24.3 Å². The van der Waals surface area contributed by atoms with Crippen LogP contribution in [0.25, 0.3) is 0 Å². The number of carbonyl (C=O) groups excluding carboxylic acids is 1. The van der Waals surface area contributed by atoms with Crippen molar-refractivity contribution in [3.8, 4) is 23.0 Å². The van der Waals surface area contributed by atoms with Crippen LogP contribution in [0, 0.1) is 0 Å². The summed E-state index contributed by atoms with van der Waals surface area (Å²) >= 11 is -0.0332. The number of aromatic hydroxyl groups is 2. The molecule has 0 bridgehead atoms. The van der Waals surface area contributed by atoms with Crippen molar-refractivity contribution in [2.75, 3.05) is 14.2 Å². The van der Waals surface area contributed by atoms with Crippen molar-refractivity contribution in [1.29, 1.82) is 0 Å². The average molecular weight is 606 g/mol. The minimum atomic E-state index is -1.08. The Balaban J connectivity index is 0.00000108. The van der Waals surface area contributed by atoms with E-state index in [0.717, 1.165) is 53.5 Å². The summed E-state index contributed by atoms with van der Waals surface area (Å²) in [4.78, 5) is 8.89. The first-order chi connectivity index (χ1) is 19.1. The van der Waals surface area contributed by atoms with Gasteiger partial charge >= 0.3 is 229 Å². The summed E-state index contributed by atoms with van der Waals surface area (Å²) in [5.41, 5.74) is 2.92. The fraction of sp³-hybridized carbons (Fsp3) is 0.531. The normalized spacial score (nSPS) is 20.8. The van der Waals surface area contributed by atoms with Crippen molar-refractivity contribution in [2.45, 2.75) is 97.1 Å². The SMILES string of the molecule is CC(=O)[O-].COc1cc(C=[N+]2[Cr][N+](=Cc3cc(OC)cc(C(C)(C)C)c3O)C3CCCCC32)c(O)c(C(C)(C)C)c1. The van der Waals surface area contributed by atoms with E-state index in [0.29, 0.717) is 23.6 Å². The van der Waals surface area contributed by atoms with E-state index in [1.165, 1.54) is 12.8 Å². The van der Waals surface area contributed by atoms with Gasteiger partial charge in [-0.15, -0.1) is 0 Å². The van der Waals surface area contributed by atoms with Crippen LogP contribution in [0.2, 0.25) is 0 Å². The van der Waals surface area contributed by atoms with Crippen LogP contribution >= 0.6 is 0 Å². The summed E-state index contributed by atoms with van der Waals surface area (Å²) in [6.07, 6.45) is 8.87. The number of methoxy groups -OCH3 is 2. The average Bonchev–Trinajstić information content (AvgIpc) is 3.21. The minimum absolute atomic E-state index is 0.0332. The molecular formula is C32H45CrN2O6+. The maximum absolute atomic E-state index is 11.2. The number of nitrogens with zero attached hydrogens (tertiary/aromatic N) is 2. The zero-order valence-electron chi connectivity index (χ0n) is 25.8. The molecule has 224 valence electrons. The van der Waals surface area contributed by atoms with Gasteiger partial charge in [-0.3, -0.25) is 0 Å². The van der Waals surface area contributed by atoms with Crippen LogP contribution in [0.3, 0.4) is 0 Å². The van der Waals surface area contributed by atoms with Gasteiger partial charge in [-0.05, 0) is 6.92 Å². The Morgan fingerprint density at radius 2 is 1.17 bits per heavy atom. The van der Waals surface area contributed by atoms with Gasteiger partial charge in [-0.1, -0.05) is 0 Å². The number of carboxylic acid groups (broad SMARTS) is 1. The molecule has 0 spiro atoms. The molecule has 8 nitrogen and oxygen atoms in total. The summed E-state index contributed by atoms with van der Waals surface area (Å²) in [7, 11) is 3.34. The van der Waals surface area contributed by atoms with Gasteiger partial charge < -0.3 is 9.90 Å². The molecule has 1 aliphatic heterocycles. The molecule has 2 aliphatic rings. The summed E-state index contributed by atoms with van der Waals surface area (Å²) in [6, 6.07) is 8.45.